The Bertz CT molecular complexity index is 1040. The Kier molecular flexibility index (Phi) is 8.64. The lowest BCUT2D eigenvalue weighted by atomic mass is 9.95. The van der Waals surface area contributed by atoms with E-state index in [1.54, 1.807) is 42.5 Å². The van der Waals surface area contributed by atoms with E-state index in [2.05, 4.69) is 16.0 Å². The molecule has 2 aliphatic rings. The molecule has 35 heavy (non-hydrogen) atoms. The third-order valence-electron chi connectivity index (χ3n) is 6.66. The van der Waals surface area contributed by atoms with Gasteiger partial charge in [-0.15, -0.1) is 0 Å². The predicted molar refractivity (Wildman–Crippen MR) is 139 cm³/mol. The molecule has 2 fully saturated rings. The summed E-state index contributed by atoms with van der Waals surface area (Å²) >= 11 is 6.26. The quantitative estimate of drug-likeness (QED) is 0.498. The highest BCUT2D eigenvalue weighted by molar-refractivity contribution is 6.34. The van der Waals surface area contributed by atoms with Crippen LogP contribution in [0.3, 0.4) is 0 Å². The zero-order valence-electron chi connectivity index (χ0n) is 19.9. The van der Waals surface area contributed by atoms with Crippen LogP contribution >= 0.6 is 11.6 Å². The van der Waals surface area contributed by atoms with E-state index in [9.17, 15) is 14.4 Å². The maximum absolute atomic E-state index is 12.7. The summed E-state index contributed by atoms with van der Waals surface area (Å²) in [6.07, 6.45) is 8.72. The van der Waals surface area contributed by atoms with Gasteiger partial charge in [-0.05, 0) is 74.6 Å². The summed E-state index contributed by atoms with van der Waals surface area (Å²) in [5, 5.41) is 9.30. The van der Waals surface area contributed by atoms with Crippen molar-refractivity contribution in [2.45, 2.75) is 57.4 Å². The van der Waals surface area contributed by atoms with E-state index >= 15 is 0 Å². The number of likely N-dealkylation sites (tertiary alicyclic amines) is 1. The second-order valence-corrected chi connectivity index (χ2v) is 9.74. The number of carbonyl (C=O) groups is 3. The van der Waals surface area contributed by atoms with Crippen LogP contribution in [0.2, 0.25) is 5.02 Å². The van der Waals surface area contributed by atoms with Gasteiger partial charge in [0.1, 0.15) is 0 Å². The standard InChI is InChI=1S/C27H33ClN4O3/c28-24-14-13-22(17-23(24)26(34)31-21-7-3-1-4-8-21)30-25(33)18-29-20-11-9-19(10-12-20)27(35)32-15-5-2-6-16-32/h9-14,17,21,29H,1-8,15-16,18H2,(H,30,33)(H,31,34). The molecule has 2 aromatic carbocycles. The zero-order valence-corrected chi connectivity index (χ0v) is 20.7. The van der Waals surface area contributed by atoms with Crippen LogP contribution in [0.4, 0.5) is 11.4 Å². The topological polar surface area (TPSA) is 90.5 Å². The molecular weight excluding hydrogens is 464 g/mol. The largest absolute Gasteiger partial charge is 0.376 e. The molecule has 1 saturated carbocycles. The van der Waals surface area contributed by atoms with Crippen molar-refractivity contribution in [2.24, 2.45) is 0 Å². The van der Waals surface area contributed by atoms with E-state index in [-0.39, 0.29) is 30.3 Å². The van der Waals surface area contributed by atoms with Crippen LogP contribution in [-0.2, 0) is 4.79 Å². The Balaban J connectivity index is 1.28. The minimum absolute atomic E-state index is 0.0473. The van der Waals surface area contributed by atoms with E-state index in [1.165, 1.54) is 12.8 Å². The fourth-order valence-corrected chi connectivity index (χ4v) is 4.89. The average molecular weight is 497 g/mol. The van der Waals surface area contributed by atoms with Crippen molar-refractivity contribution < 1.29 is 14.4 Å². The van der Waals surface area contributed by atoms with E-state index in [0.717, 1.165) is 57.3 Å². The normalized spacial score (nSPS) is 16.4. The molecule has 1 heterocycles. The summed E-state index contributed by atoms with van der Waals surface area (Å²) in [5.41, 5.74) is 2.27. The number of hydrogen-bond donors (Lipinski definition) is 3. The summed E-state index contributed by atoms with van der Waals surface area (Å²) in [4.78, 5) is 39.7. The molecule has 2 aromatic rings. The lowest BCUT2D eigenvalue weighted by Gasteiger charge is -2.26. The first-order chi connectivity index (χ1) is 17.0. The van der Waals surface area contributed by atoms with E-state index in [1.807, 2.05) is 4.90 Å². The molecule has 8 heteroatoms. The number of rotatable bonds is 7. The highest BCUT2D eigenvalue weighted by Gasteiger charge is 2.20. The van der Waals surface area contributed by atoms with Crippen LogP contribution in [0.1, 0.15) is 72.1 Å². The Morgan fingerprint density at radius 2 is 1.51 bits per heavy atom. The third-order valence-corrected chi connectivity index (χ3v) is 6.99. The smallest absolute Gasteiger partial charge is 0.253 e. The van der Waals surface area contributed by atoms with Crippen molar-refractivity contribution in [3.05, 3.63) is 58.6 Å². The van der Waals surface area contributed by atoms with E-state index in [0.29, 0.717) is 21.8 Å². The van der Waals surface area contributed by atoms with Crippen molar-refractivity contribution in [1.82, 2.24) is 10.2 Å². The number of hydrogen-bond acceptors (Lipinski definition) is 4. The SMILES string of the molecule is O=C(CNc1ccc(C(=O)N2CCCCC2)cc1)Nc1ccc(Cl)c(C(=O)NC2CCCCC2)c1. The van der Waals surface area contributed by atoms with Gasteiger partial charge >= 0.3 is 0 Å². The van der Waals surface area contributed by atoms with Crippen molar-refractivity contribution in [3.8, 4) is 0 Å². The van der Waals surface area contributed by atoms with Gasteiger partial charge < -0.3 is 20.9 Å². The maximum atomic E-state index is 12.7. The van der Waals surface area contributed by atoms with Gasteiger partial charge in [-0.3, -0.25) is 14.4 Å². The fourth-order valence-electron chi connectivity index (χ4n) is 4.68. The predicted octanol–water partition coefficient (Wildman–Crippen LogP) is 5.08. The number of nitrogens with one attached hydrogen (secondary N) is 3. The molecule has 0 radical (unpaired) electrons. The molecule has 1 aliphatic carbocycles. The van der Waals surface area contributed by atoms with E-state index < -0.39 is 0 Å². The summed E-state index contributed by atoms with van der Waals surface area (Å²) in [7, 11) is 0. The van der Waals surface area contributed by atoms with Gasteiger partial charge in [-0.2, -0.15) is 0 Å². The molecule has 0 unspecified atom stereocenters. The Labute approximate surface area is 211 Å². The monoisotopic (exact) mass is 496 g/mol. The van der Waals surface area contributed by atoms with Crippen LogP contribution in [-0.4, -0.2) is 48.3 Å². The van der Waals surface area contributed by atoms with Crippen molar-refractivity contribution in [2.75, 3.05) is 30.3 Å². The highest BCUT2D eigenvalue weighted by Crippen LogP contribution is 2.23. The number of piperidine rings is 1. The molecule has 4 rings (SSSR count). The lowest BCUT2D eigenvalue weighted by Crippen LogP contribution is -2.36. The summed E-state index contributed by atoms with van der Waals surface area (Å²) < 4.78 is 0. The van der Waals surface area contributed by atoms with Gasteiger partial charge in [0.15, 0.2) is 0 Å². The first kappa shape index (κ1) is 25.0. The summed E-state index contributed by atoms with van der Waals surface area (Å²) in [6, 6.07) is 12.3. The van der Waals surface area contributed by atoms with Crippen LogP contribution in [0.15, 0.2) is 42.5 Å². The molecule has 0 bridgehead atoms. The summed E-state index contributed by atoms with van der Waals surface area (Å²) in [5.74, 6) is -0.408. The molecule has 186 valence electrons. The third kappa shape index (κ3) is 6.98. The van der Waals surface area contributed by atoms with Gasteiger partial charge in [0.2, 0.25) is 5.91 Å². The van der Waals surface area contributed by atoms with Gasteiger partial charge in [0.05, 0.1) is 17.1 Å². The molecular formula is C27H33ClN4O3. The molecule has 7 nitrogen and oxygen atoms in total. The Morgan fingerprint density at radius 3 is 2.23 bits per heavy atom. The second-order valence-electron chi connectivity index (χ2n) is 9.33. The second kappa shape index (κ2) is 12.1. The molecule has 0 spiro atoms. The van der Waals surface area contributed by atoms with Crippen LogP contribution in [0, 0.1) is 0 Å². The number of nitrogens with zero attached hydrogens (tertiary/aromatic N) is 1. The van der Waals surface area contributed by atoms with Crippen LogP contribution < -0.4 is 16.0 Å². The number of halogens is 1. The van der Waals surface area contributed by atoms with Gasteiger partial charge in [-0.1, -0.05) is 30.9 Å². The van der Waals surface area contributed by atoms with Gasteiger partial charge in [0, 0.05) is 36.1 Å². The van der Waals surface area contributed by atoms with Crippen LogP contribution in [0.25, 0.3) is 0 Å². The first-order valence-corrected chi connectivity index (χ1v) is 12.9. The molecule has 0 aromatic heterocycles. The number of anilines is 2. The van der Waals surface area contributed by atoms with Crippen molar-refractivity contribution >= 4 is 40.7 Å². The number of amides is 3. The molecule has 0 atom stereocenters. The van der Waals surface area contributed by atoms with Gasteiger partial charge in [-0.25, -0.2) is 0 Å². The molecule has 3 amide bonds. The minimum atomic E-state index is -0.251. The van der Waals surface area contributed by atoms with E-state index in [4.69, 9.17) is 11.6 Å². The van der Waals surface area contributed by atoms with Crippen molar-refractivity contribution in [3.63, 3.8) is 0 Å². The van der Waals surface area contributed by atoms with Gasteiger partial charge in [0.25, 0.3) is 11.8 Å². The average Bonchev–Trinajstić information content (AvgIpc) is 2.89. The Morgan fingerprint density at radius 1 is 0.857 bits per heavy atom. The summed E-state index contributed by atoms with van der Waals surface area (Å²) in [6.45, 7) is 1.67. The van der Waals surface area contributed by atoms with Crippen molar-refractivity contribution in [1.29, 1.82) is 0 Å². The number of benzene rings is 2. The minimum Gasteiger partial charge on any atom is -0.376 e. The molecule has 1 saturated heterocycles. The maximum Gasteiger partial charge on any atom is 0.253 e. The highest BCUT2D eigenvalue weighted by atomic mass is 35.5. The number of carbonyl (C=O) groups excluding carboxylic acids is 3. The first-order valence-electron chi connectivity index (χ1n) is 12.5. The lowest BCUT2D eigenvalue weighted by molar-refractivity contribution is -0.114. The molecule has 3 N–H and O–H groups in total. The van der Waals surface area contributed by atoms with Crippen LogP contribution in [0.5, 0.6) is 0 Å². The Hall–Kier alpha value is -3.06. The molecule has 1 aliphatic heterocycles. The zero-order chi connectivity index (χ0) is 24.6. The fraction of sp³-hybridized carbons (Fsp3) is 0.444.